The molecule has 1 heterocycles. The molecule has 0 bridgehead atoms. The Kier molecular flexibility index (Phi) is 5.00. The number of aryl methyl sites for hydroxylation is 2. The molecule has 4 nitrogen and oxygen atoms in total. The summed E-state index contributed by atoms with van der Waals surface area (Å²) in [7, 11) is 0. The second-order valence-corrected chi connectivity index (χ2v) is 7.33. The van der Waals surface area contributed by atoms with Gasteiger partial charge in [0.15, 0.2) is 11.5 Å². The van der Waals surface area contributed by atoms with Gasteiger partial charge in [-0.3, -0.25) is 4.79 Å². The number of benzene rings is 2. The van der Waals surface area contributed by atoms with E-state index in [-0.39, 0.29) is 18.0 Å². The predicted molar refractivity (Wildman–Crippen MR) is 95.6 cm³/mol. The van der Waals surface area contributed by atoms with Gasteiger partial charge in [-0.1, -0.05) is 12.1 Å². The molecule has 126 valence electrons. The lowest BCUT2D eigenvalue weighted by Gasteiger charge is -2.13. The maximum atomic E-state index is 12.3. The number of fused-ring (bicyclic) bond motifs is 1. The summed E-state index contributed by atoms with van der Waals surface area (Å²) in [5.74, 6) is 1.51. The Balaban J connectivity index is 1.55. The summed E-state index contributed by atoms with van der Waals surface area (Å²) in [5, 5.41) is 2.83. The van der Waals surface area contributed by atoms with Crippen LogP contribution in [-0.2, 0) is 11.3 Å². The summed E-state index contributed by atoms with van der Waals surface area (Å²) < 4.78 is 10.6. The number of hydrogen-bond acceptors (Lipinski definition) is 4. The van der Waals surface area contributed by atoms with Crippen molar-refractivity contribution in [1.29, 1.82) is 0 Å². The highest BCUT2D eigenvalue weighted by molar-refractivity contribution is 8.00. The summed E-state index contributed by atoms with van der Waals surface area (Å²) in [6.45, 7) is 6.84. The number of carbonyl (C=O) groups excluding carboxylic acids is 1. The average Bonchev–Trinajstić information content (AvgIpc) is 3.03. The fourth-order valence-corrected chi connectivity index (χ4v) is 3.42. The van der Waals surface area contributed by atoms with Crippen LogP contribution in [0.1, 0.15) is 23.6 Å². The fourth-order valence-electron chi connectivity index (χ4n) is 2.43. The molecule has 2 aromatic carbocycles. The Morgan fingerprint density at radius 1 is 1.12 bits per heavy atom. The molecule has 3 rings (SSSR count). The number of nitrogens with one attached hydrogen (secondary N) is 1. The van der Waals surface area contributed by atoms with Crippen molar-refractivity contribution in [2.24, 2.45) is 0 Å². The molecule has 0 radical (unpaired) electrons. The Labute approximate surface area is 146 Å². The van der Waals surface area contributed by atoms with E-state index in [9.17, 15) is 4.79 Å². The zero-order valence-corrected chi connectivity index (χ0v) is 14.9. The molecule has 0 saturated carbocycles. The first-order valence-corrected chi connectivity index (χ1v) is 8.81. The molecule has 0 spiro atoms. The van der Waals surface area contributed by atoms with Crippen molar-refractivity contribution in [3.05, 3.63) is 53.1 Å². The van der Waals surface area contributed by atoms with Gasteiger partial charge in [0.2, 0.25) is 12.7 Å². The minimum absolute atomic E-state index is 0.0240. The first-order chi connectivity index (χ1) is 11.5. The summed E-state index contributed by atoms with van der Waals surface area (Å²) >= 11 is 1.57. The van der Waals surface area contributed by atoms with Crippen molar-refractivity contribution in [3.8, 4) is 11.5 Å². The van der Waals surface area contributed by atoms with E-state index in [1.807, 2.05) is 25.1 Å². The van der Waals surface area contributed by atoms with Crippen molar-refractivity contribution in [2.45, 2.75) is 37.5 Å². The molecule has 1 unspecified atom stereocenters. The number of rotatable bonds is 5. The molecule has 0 aliphatic carbocycles. The average molecular weight is 343 g/mol. The lowest BCUT2D eigenvalue weighted by molar-refractivity contribution is -0.120. The van der Waals surface area contributed by atoms with Crippen molar-refractivity contribution in [1.82, 2.24) is 5.32 Å². The third kappa shape index (κ3) is 3.85. The number of ether oxygens (including phenoxy) is 2. The van der Waals surface area contributed by atoms with E-state index in [2.05, 4.69) is 37.4 Å². The van der Waals surface area contributed by atoms with Crippen LogP contribution in [0.25, 0.3) is 0 Å². The molecule has 1 atom stereocenters. The van der Waals surface area contributed by atoms with Crippen LogP contribution in [0.5, 0.6) is 11.5 Å². The number of thioether (sulfide) groups is 1. The molecule has 0 saturated heterocycles. The second kappa shape index (κ2) is 7.18. The normalized spacial score (nSPS) is 13.6. The second-order valence-electron chi connectivity index (χ2n) is 5.91. The molecular formula is C19H21NO3S. The Bertz CT molecular complexity index is 760. The van der Waals surface area contributed by atoms with Crippen LogP contribution in [-0.4, -0.2) is 18.0 Å². The maximum Gasteiger partial charge on any atom is 0.233 e. The van der Waals surface area contributed by atoms with Gasteiger partial charge in [0.05, 0.1) is 5.25 Å². The fraction of sp³-hybridized carbons (Fsp3) is 0.316. The minimum Gasteiger partial charge on any atom is -0.454 e. The van der Waals surface area contributed by atoms with Gasteiger partial charge < -0.3 is 14.8 Å². The maximum absolute atomic E-state index is 12.3. The zero-order chi connectivity index (χ0) is 17.1. The molecule has 1 aliphatic rings. The van der Waals surface area contributed by atoms with Gasteiger partial charge in [-0.15, -0.1) is 11.8 Å². The highest BCUT2D eigenvalue weighted by Crippen LogP contribution is 2.32. The molecule has 0 aromatic heterocycles. The van der Waals surface area contributed by atoms with Gasteiger partial charge >= 0.3 is 0 Å². The number of carbonyl (C=O) groups is 1. The summed E-state index contributed by atoms with van der Waals surface area (Å²) in [4.78, 5) is 13.4. The first-order valence-electron chi connectivity index (χ1n) is 7.93. The lowest BCUT2D eigenvalue weighted by atomic mass is 10.1. The summed E-state index contributed by atoms with van der Waals surface area (Å²) in [5.41, 5.74) is 3.50. The van der Waals surface area contributed by atoms with E-state index >= 15 is 0 Å². The van der Waals surface area contributed by atoms with Crippen molar-refractivity contribution < 1.29 is 14.3 Å². The van der Waals surface area contributed by atoms with Gasteiger partial charge in [0.25, 0.3) is 0 Å². The Morgan fingerprint density at radius 2 is 1.92 bits per heavy atom. The molecule has 2 aromatic rings. The number of hydrogen-bond donors (Lipinski definition) is 1. The van der Waals surface area contributed by atoms with Crippen molar-refractivity contribution >= 4 is 17.7 Å². The number of amides is 1. The Morgan fingerprint density at radius 3 is 2.71 bits per heavy atom. The van der Waals surface area contributed by atoms with E-state index in [0.717, 1.165) is 22.0 Å². The van der Waals surface area contributed by atoms with Crippen molar-refractivity contribution in [3.63, 3.8) is 0 Å². The predicted octanol–water partition coefficient (Wildman–Crippen LogP) is 3.83. The molecule has 1 aliphatic heterocycles. The van der Waals surface area contributed by atoms with Crippen LogP contribution in [0, 0.1) is 13.8 Å². The molecule has 24 heavy (non-hydrogen) atoms. The van der Waals surface area contributed by atoms with E-state index in [1.165, 1.54) is 11.1 Å². The molecule has 1 amide bonds. The van der Waals surface area contributed by atoms with Crippen LogP contribution in [0.4, 0.5) is 0 Å². The van der Waals surface area contributed by atoms with E-state index in [4.69, 9.17) is 9.47 Å². The minimum atomic E-state index is -0.152. The van der Waals surface area contributed by atoms with Gasteiger partial charge in [-0.05, 0) is 61.7 Å². The van der Waals surface area contributed by atoms with Gasteiger partial charge in [-0.2, -0.15) is 0 Å². The highest BCUT2D eigenvalue weighted by atomic mass is 32.2. The standard InChI is InChI=1S/C19H21NO3S/c1-12-4-6-16(8-13(12)2)24-14(3)19(21)20-10-15-5-7-17-18(9-15)23-11-22-17/h4-9,14H,10-11H2,1-3H3,(H,20,21). The third-order valence-corrected chi connectivity index (χ3v) is 5.16. The van der Waals surface area contributed by atoms with E-state index in [1.54, 1.807) is 11.8 Å². The van der Waals surface area contributed by atoms with Crippen LogP contribution >= 0.6 is 11.8 Å². The lowest BCUT2D eigenvalue weighted by Crippen LogP contribution is -2.30. The van der Waals surface area contributed by atoms with Gasteiger partial charge in [0.1, 0.15) is 0 Å². The van der Waals surface area contributed by atoms with Crippen molar-refractivity contribution in [2.75, 3.05) is 6.79 Å². The highest BCUT2D eigenvalue weighted by Gasteiger charge is 2.16. The van der Waals surface area contributed by atoms with E-state index in [0.29, 0.717) is 6.54 Å². The smallest absolute Gasteiger partial charge is 0.233 e. The van der Waals surface area contributed by atoms with Gasteiger partial charge in [0, 0.05) is 11.4 Å². The molecule has 1 N–H and O–H groups in total. The summed E-state index contributed by atoms with van der Waals surface area (Å²) in [6.07, 6.45) is 0. The molecular weight excluding hydrogens is 322 g/mol. The van der Waals surface area contributed by atoms with Gasteiger partial charge in [-0.25, -0.2) is 0 Å². The molecule has 5 heteroatoms. The summed E-state index contributed by atoms with van der Waals surface area (Å²) in [6, 6.07) is 12.0. The van der Waals surface area contributed by atoms with Crippen LogP contribution < -0.4 is 14.8 Å². The SMILES string of the molecule is Cc1ccc(SC(C)C(=O)NCc2ccc3c(c2)OCO3)cc1C. The largest absolute Gasteiger partial charge is 0.454 e. The monoisotopic (exact) mass is 343 g/mol. The third-order valence-electron chi connectivity index (χ3n) is 4.06. The van der Waals surface area contributed by atoms with Crippen LogP contribution in [0.2, 0.25) is 0 Å². The topological polar surface area (TPSA) is 47.6 Å². The van der Waals surface area contributed by atoms with Crippen LogP contribution in [0.15, 0.2) is 41.3 Å². The molecule has 0 fully saturated rings. The first kappa shape index (κ1) is 16.7. The zero-order valence-electron chi connectivity index (χ0n) is 14.1. The van der Waals surface area contributed by atoms with Crippen LogP contribution in [0.3, 0.4) is 0 Å². The van der Waals surface area contributed by atoms with E-state index < -0.39 is 0 Å². The Hall–Kier alpha value is -2.14. The quantitative estimate of drug-likeness (QED) is 0.838.